The van der Waals surface area contributed by atoms with Crippen molar-refractivity contribution in [2.75, 3.05) is 11.9 Å². The Balaban J connectivity index is 1.54. The van der Waals surface area contributed by atoms with Crippen LogP contribution in [-0.2, 0) is 27.8 Å². The molecule has 3 aromatic rings. The van der Waals surface area contributed by atoms with Gasteiger partial charge in [0.1, 0.15) is 17.5 Å². The quantitative estimate of drug-likeness (QED) is 0.468. The maximum Gasteiger partial charge on any atom is 0.312 e. The van der Waals surface area contributed by atoms with Gasteiger partial charge in [-0.05, 0) is 25.1 Å². The van der Waals surface area contributed by atoms with Crippen LogP contribution in [0.2, 0.25) is 5.02 Å². The molecule has 0 bridgehead atoms. The van der Waals surface area contributed by atoms with Crippen molar-refractivity contribution in [3.8, 4) is 17.3 Å². The molecule has 1 amide bonds. The zero-order valence-electron chi connectivity index (χ0n) is 16.4. The number of aryl methyl sites for hydroxylation is 1. The van der Waals surface area contributed by atoms with E-state index in [2.05, 4.69) is 25.6 Å². The summed E-state index contributed by atoms with van der Waals surface area (Å²) in [5, 5.41) is 10.9. The van der Waals surface area contributed by atoms with E-state index in [4.69, 9.17) is 21.1 Å². The van der Waals surface area contributed by atoms with Crippen molar-refractivity contribution < 1.29 is 23.5 Å². The molecule has 10 nitrogen and oxygen atoms in total. The standard InChI is InChI=1S/C19H16ClFN6O4/c1-9(11-5-10(20)7-22-18(11)21)31-16(29)6-14-17(25-26-27(14)2)12-3-4-13-19(24-12)30-8-15(28)23-13/h3-5,7,9H,6,8H2,1-2H3,(H,23,28)/t9-/m1/s1. The topological polar surface area (TPSA) is 121 Å². The van der Waals surface area contributed by atoms with Gasteiger partial charge >= 0.3 is 5.97 Å². The van der Waals surface area contributed by atoms with Crippen molar-refractivity contribution in [2.45, 2.75) is 19.4 Å². The second-order valence-electron chi connectivity index (χ2n) is 6.74. The van der Waals surface area contributed by atoms with Gasteiger partial charge in [0.2, 0.25) is 11.8 Å². The van der Waals surface area contributed by atoms with Crippen LogP contribution in [0.4, 0.5) is 10.1 Å². The Morgan fingerprint density at radius 3 is 3.06 bits per heavy atom. The first kappa shape index (κ1) is 20.7. The Kier molecular flexibility index (Phi) is 5.51. The molecular weight excluding hydrogens is 431 g/mol. The Morgan fingerprint density at radius 2 is 2.26 bits per heavy atom. The number of carbonyl (C=O) groups is 2. The van der Waals surface area contributed by atoms with Crippen LogP contribution in [0.5, 0.6) is 5.88 Å². The lowest BCUT2D eigenvalue weighted by molar-refractivity contribution is -0.148. The van der Waals surface area contributed by atoms with Crippen LogP contribution in [0.15, 0.2) is 24.4 Å². The molecule has 0 saturated carbocycles. The van der Waals surface area contributed by atoms with E-state index in [9.17, 15) is 14.0 Å². The number of rotatable bonds is 5. The Bertz CT molecular complexity index is 1180. The summed E-state index contributed by atoms with van der Waals surface area (Å²) < 4.78 is 26.0. The summed E-state index contributed by atoms with van der Waals surface area (Å²) in [6, 6.07) is 4.61. The summed E-state index contributed by atoms with van der Waals surface area (Å²) in [5.74, 6) is -1.42. The fourth-order valence-corrected chi connectivity index (χ4v) is 3.20. The second kappa shape index (κ2) is 8.26. The molecule has 0 unspecified atom stereocenters. The third-order valence-electron chi connectivity index (χ3n) is 4.55. The number of esters is 1. The predicted molar refractivity (Wildman–Crippen MR) is 106 cm³/mol. The highest BCUT2D eigenvalue weighted by Crippen LogP contribution is 2.30. The van der Waals surface area contributed by atoms with Crippen molar-refractivity contribution in [1.82, 2.24) is 25.0 Å². The number of fused-ring (bicyclic) bond motifs is 1. The molecule has 0 aromatic carbocycles. The van der Waals surface area contributed by atoms with Crippen molar-refractivity contribution >= 4 is 29.2 Å². The third-order valence-corrected chi connectivity index (χ3v) is 4.76. The molecule has 31 heavy (non-hydrogen) atoms. The molecule has 0 spiro atoms. The third kappa shape index (κ3) is 4.31. The highest BCUT2D eigenvalue weighted by atomic mass is 35.5. The summed E-state index contributed by atoms with van der Waals surface area (Å²) >= 11 is 5.85. The summed E-state index contributed by atoms with van der Waals surface area (Å²) in [5.41, 5.74) is 1.71. The van der Waals surface area contributed by atoms with E-state index in [1.807, 2.05) is 0 Å². The summed E-state index contributed by atoms with van der Waals surface area (Å²) in [6.07, 6.45) is 0.0838. The molecular formula is C19H16ClFN6O4. The number of hydrogen-bond acceptors (Lipinski definition) is 8. The lowest BCUT2D eigenvalue weighted by Gasteiger charge is -2.17. The average molecular weight is 447 g/mol. The maximum absolute atomic E-state index is 13.9. The second-order valence-corrected chi connectivity index (χ2v) is 7.17. The van der Waals surface area contributed by atoms with Crippen molar-refractivity contribution in [3.63, 3.8) is 0 Å². The normalized spacial score (nSPS) is 13.7. The van der Waals surface area contributed by atoms with Crippen LogP contribution in [0, 0.1) is 5.95 Å². The highest BCUT2D eigenvalue weighted by Gasteiger charge is 2.24. The zero-order valence-corrected chi connectivity index (χ0v) is 17.2. The Morgan fingerprint density at radius 1 is 1.45 bits per heavy atom. The number of halogens is 2. The number of aromatic nitrogens is 5. The molecule has 1 aliphatic rings. The number of hydrogen-bond donors (Lipinski definition) is 1. The minimum absolute atomic E-state index is 0.0692. The lowest BCUT2D eigenvalue weighted by atomic mass is 10.1. The first-order valence-corrected chi connectivity index (χ1v) is 9.52. The molecule has 4 rings (SSSR count). The molecule has 12 heteroatoms. The van der Waals surface area contributed by atoms with Crippen LogP contribution in [0.3, 0.4) is 0 Å². The molecule has 0 fully saturated rings. The minimum atomic E-state index is -0.901. The average Bonchev–Trinajstić information content (AvgIpc) is 3.09. The van der Waals surface area contributed by atoms with E-state index in [0.29, 0.717) is 22.8 Å². The van der Waals surface area contributed by atoms with Crippen LogP contribution in [-0.4, -0.2) is 43.4 Å². The zero-order chi connectivity index (χ0) is 22.1. The first-order valence-electron chi connectivity index (χ1n) is 9.15. The summed E-state index contributed by atoms with van der Waals surface area (Å²) in [4.78, 5) is 31.8. The van der Waals surface area contributed by atoms with Gasteiger partial charge in [-0.25, -0.2) is 9.97 Å². The molecule has 160 valence electrons. The molecule has 4 heterocycles. The van der Waals surface area contributed by atoms with E-state index < -0.39 is 18.0 Å². The van der Waals surface area contributed by atoms with Gasteiger partial charge in [0.25, 0.3) is 5.91 Å². The predicted octanol–water partition coefficient (Wildman–Crippen LogP) is 2.24. The molecule has 3 aromatic heterocycles. The number of nitrogens with zero attached hydrogens (tertiary/aromatic N) is 5. The van der Waals surface area contributed by atoms with Gasteiger partial charge in [-0.2, -0.15) is 4.39 Å². The molecule has 0 saturated heterocycles. The van der Waals surface area contributed by atoms with Gasteiger partial charge in [0.15, 0.2) is 6.61 Å². The lowest BCUT2D eigenvalue weighted by Crippen LogP contribution is -2.26. The maximum atomic E-state index is 13.9. The van der Waals surface area contributed by atoms with Gasteiger partial charge in [0.05, 0.1) is 22.8 Å². The van der Waals surface area contributed by atoms with Gasteiger partial charge in [-0.1, -0.05) is 16.8 Å². The Hall–Kier alpha value is -3.60. The van der Waals surface area contributed by atoms with Crippen LogP contribution in [0.25, 0.3) is 11.4 Å². The number of nitrogens with one attached hydrogen (secondary N) is 1. The molecule has 1 N–H and O–H groups in total. The van der Waals surface area contributed by atoms with Crippen molar-refractivity contribution in [3.05, 3.63) is 46.6 Å². The van der Waals surface area contributed by atoms with Crippen molar-refractivity contribution in [2.24, 2.45) is 7.05 Å². The highest BCUT2D eigenvalue weighted by molar-refractivity contribution is 6.30. The number of carbonyl (C=O) groups excluding carboxylic acids is 2. The number of anilines is 1. The van der Waals surface area contributed by atoms with Gasteiger partial charge in [-0.3, -0.25) is 14.3 Å². The number of ether oxygens (including phenoxy) is 2. The van der Waals surface area contributed by atoms with Crippen molar-refractivity contribution in [1.29, 1.82) is 0 Å². The van der Waals surface area contributed by atoms with E-state index in [1.165, 1.54) is 23.9 Å². The molecule has 0 aliphatic carbocycles. The fraction of sp³-hybridized carbons (Fsp3) is 0.263. The van der Waals surface area contributed by atoms with Crippen LogP contribution < -0.4 is 10.1 Å². The smallest absolute Gasteiger partial charge is 0.312 e. The van der Waals surface area contributed by atoms with E-state index >= 15 is 0 Å². The largest absolute Gasteiger partial charge is 0.466 e. The summed E-state index contributed by atoms with van der Waals surface area (Å²) in [7, 11) is 1.62. The summed E-state index contributed by atoms with van der Waals surface area (Å²) in [6.45, 7) is 1.38. The van der Waals surface area contributed by atoms with Gasteiger partial charge in [-0.15, -0.1) is 5.10 Å². The van der Waals surface area contributed by atoms with E-state index in [-0.39, 0.29) is 35.4 Å². The monoisotopic (exact) mass is 446 g/mol. The van der Waals surface area contributed by atoms with Gasteiger partial charge in [0, 0.05) is 18.8 Å². The van der Waals surface area contributed by atoms with E-state index in [0.717, 1.165) is 0 Å². The number of pyridine rings is 2. The SMILES string of the molecule is C[C@@H](OC(=O)Cc1c(-c2ccc3c(n2)OCC(=O)N3)nnn1C)c1cc(Cl)cnc1F. The minimum Gasteiger partial charge on any atom is -0.466 e. The van der Waals surface area contributed by atoms with Gasteiger partial charge < -0.3 is 14.8 Å². The fourth-order valence-electron chi connectivity index (χ4n) is 3.03. The first-order chi connectivity index (χ1) is 14.8. The Labute approximate surface area is 180 Å². The van der Waals surface area contributed by atoms with Crippen LogP contribution in [0.1, 0.15) is 24.3 Å². The molecule has 1 atom stereocenters. The van der Waals surface area contributed by atoms with E-state index in [1.54, 1.807) is 19.2 Å². The molecule has 0 radical (unpaired) electrons. The molecule has 1 aliphatic heterocycles. The number of amides is 1. The van der Waals surface area contributed by atoms with Crippen LogP contribution >= 0.6 is 11.6 Å².